The second-order valence-corrected chi connectivity index (χ2v) is 3.32. The van der Waals surface area contributed by atoms with Gasteiger partial charge in [-0.3, -0.25) is 0 Å². The lowest BCUT2D eigenvalue weighted by Crippen LogP contribution is -3.03. The molecule has 16 heavy (non-hydrogen) atoms. The van der Waals surface area contributed by atoms with E-state index in [1.807, 2.05) is 12.1 Å². The van der Waals surface area contributed by atoms with Crippen LogP contribution in [0.15, 0.2) is 24.3 Å². The molecule has 0 radical (unpaired) electrons. The van der Waals surface area contributed by atoms with Gasteiger partial charge in [-0.15, -0.1) is 0 Å². The van der Waals surface area contributed by atoms with Gasteiger partial charge in [0, 0.05) is 0 Å². The standard InChI is InChI=1S/C10H4N4O2/c15-9-10(16)14-8-7(13-9)11-5-3-1-2-4-6(5)12-8/h1-4H/p+2. The van der Waals surface area contributed by atoms with Crippen molar-refractivity contribution >= 4 is 22.8 Å². The molecule has 0 fully saturated rings. The van der Waals surface area contributed by atoms with Crippen LogP contribution in [0, 0.1) is 0 Å². The number of hydrogen-bond donors (Lipinski definition) is 2. The van der Waals surface area contributed by atoms with E-state index in [1.54, 1.807) is 12.1 Å². The molecule has 0 aliphatic carbocycles. The number of rotatable bonds is 0. The highest BCUT2D eigenvalue weighted by Gasteiger charge is 2.27. The van der Waals surface area contributed by atoms with Crippen LogP contribution in [0.2, 0.25) is 0 Å². The number of nitrogens with zero attached hydrogens (tertiary/aromatic N) is 2. The Morgan fingerprint density at radius 2 is 1.25 bits per heavy atom. The summed E-state index contributed by atoms with van der Waals surface area (Å²) in [5, 5.41) is 0. The number of amides is 2. The zero-order valence-electron chi connectivity index (χ0n) is 8.02. The highest BCUT2D eigenvalue weighted by atomic mass is 16.2. The van der Waals surface area contributed by atoms with E-state index in [0.717, 1.165) is 0 Å². The molecule has 2 heterocycles. The summed E-state index contributed by atoms with van der Waals surface area (Å²) in [5.74, 6) is -1.45. The topological polar surface area (TPSA) is 87.9 Å². The fraction of sp³-hybridized carbons (Fsp3) is 0. The van der Waals surface area contributed by atoms with Gasteiger partial charge in [0.05, 0.1) is 0 Å². The van der Waals surface area contributed by atoms with Crippen molar-refractivity contribution in [1.82, 2.24) is 9.97 Å². The SMILES string of the molecule is O=C1[NH+]=c2nc3ccccc3nc2=[NH+]C1=O. The Kier molecular flexibility index (Phi) is 1.64. The molecule has 3 rings (SSSR count). The highest BCUT2D eigenvalue weighted by molar-refractivity contribution is 6.25. The first-order valence-electron chi connectivity index (χ1n) is 4.63. The molecule has 0 bridgehead atoms. The number of hydrogen-bond acceptors (Lipinski definition) is 4. The van der Waals surface area contributed by atoms with Crippen LogP contribution in [0.4, 0.5) is 0 Å². The minimum absolute atomic E-state index is 0.281. The minimum Gasteiger partial charge on any atom is -0.232 e. The molecule has 2 amide bonds. The Morgan fingerprint density at radius 3 is 1.69 bits per heavy atom. The number of nitrogens with one attached hydrogen (secondary N) is 2. The van der Waals surface area contributed by atoms with Crippen LogP contribution in [0.5, 0.6) is 0 Å². The number of benzene rings is 1. The number of aromatic nitrogens is 2. The first kappa shape index (κ1) is 8.78. The van der Waals surface area contributed by atoms with Crippen molar-refractivity contribution in [2.45, 2.75) is 0 Å². The van der Waals surface area contributed by atoms with Crippen molar-refractivity contribution in [2.75, 3.05) is 0 Å². The van der Waals surface area contributed by atoms with Gasteiger partial charge in [0.1, 0.15) is 0 Å². The van der Waals surface area contributed by atoms with Crippen molar-refractivity contribution in [1.29, 1.82) is 0 Å². The average Bonchev–Trinajstić information content (AvgIpc) is 2.28. The summed E-state index contributed by atoms with van der Waals surface area (Å²) < 4.78 is 0. The van der Waals surface area contributed by atoms with Gasteiger partial charge < -0.3 is 0 Å². The van der Waals surface area contributed by atoms with Gasteiger partial charge >= 0.3 is 22.8 Å². The summed E-state index contributed by atoms with van der Waals surface area (Å²) in [5.41, 5.74) is 1.89. The Hall–Kier alpha value is -2.50. The van der Waals surface area contributed by atoms with Gasteiger partial charge in [0.15, 0.2) is 0 Å². The summed E-state index contributed by atoms with van der Waals surface area (Å²) >= 11 is 0. The minimum atomic E-state index is -0.725. The normalized spacial score (nSPS) is 14.2. The second kappa shape index (κ2) is 2.99. The molecule has 1 aromatic heterocycles. The monoisotopic (exact) mass is 214 g/mol. The van der Waals surface area contributed by atoms with Gasteiger partial charge in [-0.2, -0.15) is 9.98 Å². The summed E-state index contributed by atoms with van der Waals surface area (Å²) in [6.07, 6.45) is 0. The lowest BCUT2D eigenvalue weighted by Gasteiger charge is -1.87. The number of carbonyl (C=O) groups is 2. The third-order valence-corrected chi connectivity index (χ3v) is 2.24. The van der Waals surface area contributed by atoms with Crippen LogP contribution in [-0.4, -0.2) is 21.8 Å². The molecule has 1 aliphatic rings. The molecule has 1 aliphatic heterocycles. The van der Waals surface area contributed by atoms with Crippen LogP contribution in [-0.2, 0) is 9.59 Å². The summed E-state index contributed by atoms with van der Waals surface area (Å²) in [7, 11) is 0. The number of para-hydroxylation sites is 2. The average molecular weight is 214 g/mol. The van der Waals surface area contributed by atoms with Crippen molar-refractivity contribution in [3.8, 4) is 0 Å². The maximum absolute atomic E-state index is 11.1. The van der Waals surface area contributed by atoms with Crippen molar-refractivity contribution in [2.24, 2.45) is 0 Å². The first-order valence-corrected chi connectivity index (χ1v) is 4.63. The van der Waals surface area contributed by atoms with E-state index in [0.29, 0.717) is 11.0 Å². The van der Waals surface area contributed by atoms with E-state index in [-0.39, 0.29) is 11.0 Å². The molecular formula is C10H6N4O2+2. The van der Waals surface area contributed by atoms with E-state index in [9.17, 15) is 9.59 Å². The summed E-state index contributed by atoms with van der Waals surface area (Å²) in [4.78, 5) is 35.3. The van der Waals surface area contributed by atoms with Gasteiger partial charge in [0.2, 0.25) is 11.0 Å². The lowest BCUT2D eigenvalue weighted by atomic mass is 10.3. The van der Waals surface area contributed by atoms with Gasteiger partial charge in [-0.1, -0.05) is 12.1 Å². The fourth-order valence-corrected chi connectivity index (χ4v) is 1.50. The van der Waals surface area contributed by atoms with E-state index in [4.69, 9.17) is 0 Å². The fourth-order valence-electron chi connectivity index (χ4n) is 1.50. The maximum atomic E-state index is 11.1. The summed E-state index contributed by atoms with van der Waals surface area (Å²) in [6.45, 7) is 0. The lowest BCUT2D eigenvalue weighted by molar-refractivity contribution is -0.485. The molecule has 0 saturated heterocycles. The molecule has 0 spiro atoms. The predicted molar refractivity (Wildman–Crippen MR) is 48.9 cm³/mol. The third-order valence-electron chi connectivity index (χ3n) is 2.24. The summed E-state index contributed by atoms with van der Waals surface area (Å²) in [6, 6.07) is 7.22. The molecular weight excluding hydrogens is 208 g/mol. The van der Waals surface area contributed by atoms with Crippen LogP contribution in [0.3, 0.4) is 0 Å². The van der Waals surface area contributed by atoms with Crippen LogP contribution < -0.4 is 21.0 Å². The van der Waals surface area contributed by atoms with Gasteiger partial charge in [-0.05, 0) is 22.1 Å². The molecule has 2 N–H and O–H groups in total. The van der Waals surface area contributed by atoms with E-state index in [2.05, 4.69) is 20.0 Å². The third kappa shape index (κ3) is 1.20. The van der Waals surface area contributed by atoms with E-state index in [1.165, 1.54) is 0 Å². The van der Waals surface area contributed by atoms with Crippen molar-refractivity contribution in [3.05, 3.63) is 35.2 Å². The second-order valence-electron chi connectivity index (χ2n) is 3.32. The zero-order valence-corrected chi connectivity index (χ0v) is 8.02. The molecule has 6 nitrogen and oxygen atoms in total. The number of fused-ring (bicyclic) bond motifs is 2. The molecule has 6 heteroatoms. The molecule has 76 valence electrons. The maximum Gasteiger partial charge on any atom is 0.421 e. The highest BCUT2D eigenvalue weighted by Crippen LogP contribution is 2.01. The van der Waals surface area contributed by atoms with Gasteiger partial charge in [-0.25, -0.2) is 9.59 Å². The molecule has 2 aromatic rings. The van der Waals surface area contributed by atoms with Crippen molar-refractivity contribution < 1.29 is 19.6 Å². The first-order chi connectivity index (χ1) is 7.74. The Balaban J connectivity index is 2.50. The molecule has 0 unspecified atom stereocenters. The Bertz CT molecular complexity index is 686. The predicted octanol–water partition coefficient (Wildman–Crippen LogP) is -4.90. The van der Waals surface area contributed by atoms with Crippen LogP contribution in [0.25, 0.3) is 11.0 Å². The molecule has 0 saturated carbocycles. The van der Waals surface area contributed by atoms with E-state index < -0.39 is 11.8 Å². The van der Waals surface area contributed by atoms with Crippen LogP contribution in [0.1, 0.15) is 0 Å². The molecule has 0 atom stereocenters. The van der Waals surface area contributed by atoms with Crippen LogP contribution >= 0.6 is 0 Å². The van der Waals surface area contributed by atoms with E-state index >= 15 is 0 Å². The largest absolute Gasteiger partial charge is 0.421 e. The van der Waals surface area contributed by atoms with Crippen molar-refractivity contribution in [3.63, 3.8) is 0 Å². The van der Waals surface area contributed by atoms with Gasteiger partial charge in [0.25, 0.3) is 0 Å². The molecule has 1 aromatic carbocycles. The number of carbonyl (C=O) groups excluding carboxylic acids is 2. The zero-order chi connectivity index (χ0) is 11.1. The smallest absolute Gasteiger partial charge is 0.232 e. The quantitative estimate of drug-likeness (QED) is 0.430. The Morgan fingerprint density at radius 1 is 0.812 bits per heavy atom. The Labute approximate surface area is 88.4 Å².